The van der Waals surface area contributed by atoms with E-state index in [1.165, 1.54) is 6.92 Å². The summed E-state index contributed by atoms with van der Waals surface area (Å²) < 4.78 is 12.0. The third-order valence-corrected chi connectivity index (χ3v) is 5.11. The zero-order valence-electron chi connectivity index (χ0n) is 16.0. The van der Waals surface area contributed by atoms with Crippen molar-refractivity contribution in [3.8, 4) is 11.5 Å². The van der Waals surface area contributed by atoms with Crippen molar-refractivity contribution in [1.29, 1.82) is 0 Å². The lowest BCUT2D eigenvalue weighted by atomic mass is 10.0. The van der Waals surface area contributed by atoms with Gasteiger partial charge in [-0.25, -0.2) is 0 Å². The molecule has 0 bridgehead atoms. The van der Waals surface area contributed by atoms with Crippen LogP contribution in [-0.2, 0) is 11.4 Å². The van der Waals surface area contributed by atoms with Crippen molar-refractivity contribution in [2.24, 2.45) is 0 Å². The molecule has 29 heavy (non-hydrogen) atoms. The molecule has 0 amide bonds. The van der Waals surface area contributed by atoms with E-state index in [2.05, 4.69) is 0 Å². The highest BCUT2D eigenvalue weighted by atomic mass is 32.1. The van der Waals surface area contributed by atoms with Crippen LogP contribution in [0.2, 0.25) is 0 Å². The van der Waals surface area contributed by atoms with Gasteiger partial charge in [0.25, 0.3) is 0 Å². The van der Waals surface area contributed by atoms with Gasteiger partial charge in [0, 0.05) is 12.5 Å². The Balaban J connectivity index is 1.85. The van der Waals surface area contributed by atoms with Crippen LogP contribution in [0.5, 0.6) is 11.5 Å². The van der Waals surface area contributed by atoms with Gasteiger partial charge in [-0.3, -0.25) is 9.59 Å². The van der Waals surface area contributed by atoms with Crippen molar-refractivity contribution < 1.29 is 24.2 Å². The summed E-state index contributed by atoms with van der Waals surface area (Å²) in [5.41, 5.74) is 2.36. The maximum atomic E-state index is 12.1. The van der Waals surface area contributed by atoms with Gasteiger partial charge in [-0.2, -0.15) is 11.3 Å². The fourth-order valence-electron chi connectivity index (χ4n) is 2.89. The number of benzene rings is 2. The molecule has 0 spiro atoms. The minimum Gasteiger partial charge on any atom is -0.489 e. The second-order valence-electron chi connectivity index (χ2n) is 6.58. The predicted molar refractivity (Wildman–Crippen MR) is 112 cm³/mol. The zero-order valence-corrected chi connectivity index (χ0v) is 16.9. The molecule has 0 fully saturated rings. The number of carbonyl (C=O) groups excluding carboxylic acids is 1. The Morgan fingerprint density at radius 1 is 1.10 bits per heavy atom. The Kier molecular flexibility index (Phi) is 7.03. The number of rotatable bonds is 10. The first-order chi connectivity index (χ1) is 14.0. The van der Waals surface area contributed by atoms with Gasteiger partial charge in [0.1, 0.15) is 24.2 Å². The fraction of sp³-hybridized carbons (Fsp3) is 0.217. The van der Waals surface area contributed by atoms with Crippen molar-refractivity contribution in [2.75, 3.05) is 0 Å². The van der Waals surface area contributed by atoms with Gasteiger partial charge in [-0.05, 0) is 53.4 Å². The summed E-state index contributed by atoms with van der Waals surface area (Å²) in [7, 11) is 0. The van der Waals surface area contributed by atoms with E-state index in [0.29, 0.717) is 23.7 Å². The van der Waals surface area contributed by atoms with Crippen LogP contribution < -0.4 is 9.47 Å². The average Bonchev–Trinajstić information content (AvgIpc) is 3.23. The van der Waals surface area contributed by atoms with E-state index < -0.39 is 12.1 Å². The molecule has 6 heteroatoms. The zero-order chi connectivity index (χ0) is 20.6. The summed E-state index contributed by atoms with van der Waals surface area (Å²) >= 11 is 1.60. The highest BCUT2D eigenvalue weighted by Gasteiger charge is 2.19. The molecule has 1 heterocycles. The fourth-order valence-corrected chi connectivity index (χ4v) is 3.54. The third kappa shape index (κ3) is 5.93. The first-order valence-electron chi connectivity index (χ1n) is 9.25. The molecule has 3 aromatic rings. The van der Waals surface area contributed by atoms with E-state index in [-0.39, 0.29) is 18.6 Å². The molecule has 0 unspecified atom stereocenters. The summed E-state index contributed by atoms with van der Waals surface area (Å²) in [6.07, 6.45) is -0.238. The Labute approximate surface area is 173 Å². The number of thiophene rings is 1. The van der Waals surface area contributed by atoms with E-state index in [1.54, 1.807) is 29.5 Å². The maximum Gasteiger partial charge on any atom is 0.303 e. The molecule has 2 aromatic carbocycles. The summed E-state index contributed by atoms with van der Waals surface area (Å²) in [6.45, 7) is 1.90. The normalized spacial score (nSPS) is 11.6. The summed E-state index contributed by atoms with van der Waals surface area (Å²) in [5.74, 6) is -0.0515. The second-order valence-corrected chi connectivity index (χ2v) is 7.36. The predicted octanol–water partition coefficient (Wildman–Crippen LogP) is 5.51. The average molecular weight is 410 g/mol. The van der Waals surface area contributed by atoms with Crippen molar-refractivity contribution in [1.82, 2.24) is 0 Å². The molecule has 150 valence electrons. The topological polar surface area (TPSA) is 72.8 Å². The smallest absolute Gasteiger partial charge is 0.303 e. The monoisotopic (exact) mass is 410 g/mol. The van der Waals surface area contributed by atoms with E-state index in [4.69, 9.17) is 14.6 Å². The van der Waals surface area contributed by atoms with Crippen LogP contribution in [0.25, 0.3) is 0 Å². The lowest BCUT2D eigenvalue weighted by Crippen LogP contribution is -2.12. The number of ketones is 1. The summed E-state index contributed by atoms with van der Waals surface area (Å²) in [6, 6.07) is 16.5. The van der Waals surface area contributed by atoms with Crippen LogP contribution in [0.15, 0.2) is 65.4 Å². The van der Waals surface area contributed by atoms with Crippen LogP contribution in [0.4, 0.5) is 0 Å². The minimum absolute atomic E-state index is 0.0384. The highest BCUT2D eigenvalue weighted by molar-refractivity contribution is 7.07. The van der Waals surface area contributed by atoms with Gasteiger partial charge >= 0.3 is 5.97 Å². The van der Waals surface area contributed by atoms with Crippen molar-refractivity contribution in [2.45, 2.75) is 32.5 Å². The summed E-state index contributed by atoms with van der Waals surface area (Å²) in [5, 5.41) is 13.1. The third-order valence-electron chi connectivity index (χ3n) is 4.38. The van der Waals surface area contributed by atoms with E-state index in [1.807, 2.05) is 47.2 Å². The standard InChI is InChI=1S/C23H22O5S/c1-16(24)20-8-7-19(27-14-17-11-12-29-15-17)13-22(20)28-21(9-10-23(25)26)18-5-3-2-4-6-18/h2-8,11-13,15,21H,9-10,14H2,1H3,(H,25,26)/t21-/m0/s1. The first-order valence-corrected chi connectivity index (χ1v) is 10.2. The van der Waals surface area contributed by atoms with Crippen LogP contribution in [-0.4, -0.2) is 16.9 Å². The number of carbonyl (C=O) groups is 2. The molecule has 3 rings (SSSR count). The molecule has 1 atom stereocenters. The van der Waals surface area contributed by atoms with Crippen molar-refractivity contribution >= 4 is 23.1 Å². The minimum atomic E-state index is -0.894. The molecule has 0 aliphatic heterocycles. The van der Waals surface area contributed by atoms with Gasteiger partial charge in [0.15, 0.2) is 5.78 Å². The summed E-state index contributed by atoms with van der Waals surface area (Å²) in [4.78, 5) is 23.2. The SMILES string of the molecule is CC(=O)c1ccc(OCc2ccsc2)cc1O[C@@H](CCC(=O)O)c1ccccc1. The number of carboxylic acids is 1. The molecule has 0 saturated carbocycles. The number of ether oxygens (including phenoxy) is 2. The lowest BCUT2D eigenvalue weighted by Gasteiger charge is -2.21. The van der Waals surface area contributed by atoms with Crippen LogP contribution in [0.1, 0.15) is 47.4 Å². The lowest BCUT2D eigenvalue weighted by molar-refractivity contribution is -0.137. The van der Waals surface area contributed by atoms with Gasteiger partial charge in [0.05, 0.1) is 5.56 Å². The van der Waals surface area contributed by atoms with Crippen LogP contribution in [0.3, 0.4) is 0 Å². The van der Waals surface area contributed by atoms with Crippen LogP contribution >= 0.6 is 11.3 Å². The van der Waals surface area contributed by atoms with E-state index in [9.17, 15) is 9.59 Å². The van der Waals surface area contributed by atoms with Gasteiger partial charge < -0.3 is 14.6 Å². The highest BCUT2D eigenvalue weighted by Crippen LogP contribution is 2.32. The second kappa shape index (κ2) is 9.89. The van der Waals surface area contributed by atoms with Crippen molar-refractivity contribution in [3.05, 3.63) is 82.0 Å². The number of Topliss-reactive ketones (excluding diaryl/α,β-unsaturated/α-hetero) is 1. The molecule has 0 radical (unpaired) electrons. The van der Waals surface area contributed by atoms with E-state index >= 15 is 0 Å². The molecular formula is C23H22O5S. The number of hydrogen-bond acceptors (Lipinski definition) is 5. The number of carboxylic acid groups (broad SMARTS) is 1. The van der Waals surface area contributed by atoms with Gasteiger partial charge in [-0.1, -0.05) is 30.3 Å². The Bertz CT molecular complexity index is 951. The quantitative estimate of drug-likeness (QED) is 0.446. The first kappa shape index (κ1) is 20.6. The molecule has 0 saturated heterocycles. The Morgan fingerprint density at radius 2 is 1.90 bits per heavy atom. The molecular weight excluding hydrogens is 388 g/mol. The molecule has 0 aliphatic rings. The number of hydrogen-bond donors (Lipinski definition) is 1. The van der Waals surface area contributed by atoms with E-state index in [0.717, 1.165) is 11.1 Å². The molecule has 0 aliphatic carbocycles. The molecule has 1 N–H and O–H groups in total. The Morgan fingerprint density at radius 3 is 2.55 bits per heavy atom. The Hall–Kier alpha value is -3.12. The van der Waals surface area contributed by atoms with Crippen LogP contribution in [0, 0.1) is 0 Å². The molecule has 5 nitrogen and oxygen atoms in total. The molecule has 1 aromatic heterocycles. The maximum absolute atomic E-state index is 12.1. The van der Waals surface area contributed by atoms with Crippen molar-refractivity contribution in [3.63, 3.8) is 0 Å². The largest absolute Gasteiger partial charge is 0.489 e. The van der Waals surface area contributed by atoms with Gasteiger partial charge in [-0.15, -0.1) is 0 Å². The van der Waals surface area contributed by atoms with Gasteiger partial charge in [0.2, 0.25) is 0 Å². The number of aliphatic carboxylic acids is 1.